The number of alkyl carbamates (subject to hydrolysis) is 1. The highest BCUT2D eigenvalue weighted by atomic mass is 19.1. The van der Waals surface area contributed by atoms with Crippen molar-refractivity contribution in [1.29, 1.82) is 0 Å². The van der Waals surface area contributed by atoms with Gasteiger partial charge in [0.05, 0.1) is 12.0 Å². The second-order valence-corrected chi connectivity index (χ2v) is 11.2. The van der Waals surface area contributed by atoms with E-state index in [0.29, 0.717) is 18.4 Å². The van der Waals surface area contributed by atoms with Crippen LogP contribution in [0.15, 0.2) is 66.9 Å². The number of carbonyl (C=O) groups excluding carboxylic acids is 2. The third-order valence-corrected chi connectivity index (χ3v) is 6.64. The van der Waals surface area contributed by atoms with Crippen LogP contribution in [0.1, 0.15) is 38.3 Å². The minimum absolute atomic E-state index is 0.247. The summed E-state index contributed by atoms with van der Waals surface area (Å²) in [5.41, 5.74) is 2.78. The van der Waals surface area contributed by atoms with E-state index in [4.69, 9.17) is 9.47 Å². The first-order valence-electron chi connectivity index (χ1n) is 13.1. The first-order valence-corrected chi connectivity index (χ1v) is 13.1. The molecule has 1 aliphatic heterocycles. The van der Waals surface area contributed by atoms with Crippen LogP contribution in [-0.2, 0) is 27.1 Å². The van der Waals surface area contributed by atoms with Gasteiger partial charge in [-0.2, -0.15) is 0 Å². The van der Waals surface area contributed by atoms with Crippen LogP contribution in [0.4, 0.5) is 15.0 Å². The van der Waals surface area contributed by atoms with Crippen molar-refractivity contribution in [2.75, 3.05) is 19.0 Å². The normalized spacial score (nSPS) is 17.8. The number of halogens is 1. The fraction of sp³-hybridized carbons (Fsp3) is 0.387. The summed E-state index contributed by atoms with van der Waals surface area (Å²) in [4.78, 5) is 31.9. The second-order valence-electron chi connectivity index (χ2n) is 11.2. The van der Waals surface area contributed by atoms with Crippen LogP contribution in [0, 0.1) is 11.7 Å². The summed E-state index contributed by atoms with van der Waals surface area (Å²) in [7, 11) is 3.89. The minimum Gasteiger partial charge on any atom is -0.460 e. The molecule has 2 aromatic carbocycles. The number of nitrogens with one attached hydrogen (secondary N) is 1. The fourth-order valence-corrected chi connectivity index (χ4v) is 4.66. The fourth-order valence-electron chi connectivity index (χ4n) is 4.66. The van der Waals surface area contributed by atoms with Crippen LogP contribution < -0.4 is 10.2 Å². The van der Waals surface area contributed by atoms with Crippen molar-refractivity contribution in [2.45, 2.75) is 57.8 Å². The minimum atomic E-state index is -0.674. The zero-order valence-electron chi connectivity index (χ0n) is 23.1. The summed E-state index contributed by atoms with van der Waals surface area (Å²) in [6.07, 6.45) is 1.74. The molecule has 1 amide bonds. The van der Waals surface area contributed by atoms with E-state index >= 15 is 0 Å². The number of pyridine rings is 1. The summed E-state index contributed by atoms with van der Waals surface area (Å²) in [6, 6.07) is 17.9. The summed E-state index contributed by atoms with van der Waals surface area (Å²) >= 11 is 0. The molecule has 8 heteroatoms. The highest BCUT2D eigenvalue weighted by Gasteiger charge is 2.40. The lowest BCUT2D eigenvalue weighted by Gasteiger charge is -2.26. The van der Waals surface area contributed by atoms with Crippen molar-refractivity contribution in [2.24, 2.45) is 5.92 Å². The van der Waals surface area contributed by atoms with Crippen LogP contribution in [0.5, 0.6) is 0 Å². The summed E-state index contributed by atoms with van der Waals surface area (Å²) < 4.78 is 25.4. The van der Waals surface area contributed by atoms with E-state index in [9.17, 15) is 14.0 Å². The molecule has 2 heterocycles. The highest BCUT2D eigenvalue weighted by molar-refractivity contribution is 5.75. The van der Waals surface area contributed by atoms with E-state index in [1.807, 2.05) is 61.6 Å². The average molecular weight is 534 g/mol. The number of carbonyl (C=O) groups is 2. The van der Waals surface area contributed by atoms with Gasteiger partial charge in [-0.1, -0.05) is 42.5 Å². The largest absolute Gasteiger partial charge is 0.460 e. The Kier molecular flexibility index (Phi) is 8.53. The van der Waals surface area contributed by atoms with Crippen LogP contribution in [0.2, 0.25) is 0 Å². The molecule has 1 aliphatic rings. The molecule has 206 valence electrons. The maximum atomic E-state index is 14.2. The van der Waals surface area contributed by atoms with Gasteiger partial charge in [-0.25, -0.2) is 14.2 Å². The molecule has 1 N–H and O–H groups in total. The van der Waals surface area contributed by atoms with Crippen molar-refractivity contribution >= 4 is 17.9 Å². The number of hydrogen-bond acceptors (Lipinski definition) is 6. The van der Waals surface area contributed by atoms with Gasteiger partial charge in [-0.05, 0) is 68.5 Å². The molecule has 3 aromatic rings. The van der Waals surface area contributed by atoms with E-state index < -0.39 is 29.8 Å². The van der Waals surface area contributed by atoms with Crippen LogP contribution >= 0.6 is 0 Å². The quantitative estimate of drug-likeness (QED) is 0.382. The third-order valence-electron chi connectivity index (χ3n) is 6.64. The molecule has 1 aromatic heterocycles. The number of nitrogens with zero attached hydrogens (tertiary/aromatic N) is 2. The SMILES string of the molecule is CN(C)c1ccc(-c2ccc(CC(NC(=O)OC(C)(C)C)C3CC(Cc4ccccc4F)C(=O)O3)cc2)cn1. The number of ether oxygens (including phenoxy) is 2. The molecule has 0 saturated carbocycles. The van der Waals surface area contributed by atoms with Crippen molar-refractivity contribution in [1.82, 2.24) is 10.3 Å². The Morgan fingerprint density at radius 3 is 2.41 bits per heavy atom. The first kappa shape index (κ1) is 28.1. The number of hydrogen-bond donors (Lipinski definition) is 1. The summed E-state index contributed by atoms with van der Waals surface area (Å²) in [5.74, 6) is -0.340. The van der Waals surface area contributed by atoms with Gasteiger partial charge < -0.3 is 19.7 Å². The van der Waals surface area contributed by atoms with Gasteiger partial charge in [0.25, 0.3) is 0 Å². The van der Waals surface area contributed by atoms with Gasteiger partial charge >= 0.3 is 12.1 Å². The maximum absolute atomic E-state index is 14.2. The van der Waals surface area contributed by atoms with Crippen molar-refractivity contribution in [3.63, 3.8) is 0 Å². The molecule has 1 saturated heterocycles. The van der Waals surface area contributed by atoms with E-state index in [-0.39, 0.29) is 18.2 Å². The number of benzene rings is 2. The molecule has 3 unspecified atom stereocenters. The topological polar surface area (TPSA) is 80.8 Å². The van der Waals surface area contributed by atoms with Gasteiger partial charge in [0, 0.05) is 32.3 Å². The monoisotopic (exact) mass is 533 g/mol. The molecule has 0 radical (unpaired) electrons. The molecular weight excluding hydrogens is 497 g/mol. The second kappa shape index (κ2) is 11.8. The highest BCUT2D eigenvalue weighted by Crippen LogP contribution is 2.29. The van der Waals surface area contributed by atoms with E-state index in [2.05, 4.69) is 10.3 Å². The number of esters is 1. The van der Waals surface area contributed by atoms with Gasteiger partial charge in [0.1, 0.15) is 23.3 Å². The molecule has 3 atom stereocenters. The van der Waals surface area contributed by atoms with E-state index in [1.165, 1.54) is 6.07 Å². The first-order chi connectivity index (χ1) is 18.5. The number of aromatic nitrogens is 1. The van der Waals surface area contributed by atoms with Crippen LogP contribution in [0.3, 0.4) is 0 Å². The lowest BCUT2D eigenvalue weighted by molar-refractivity contribution is -0.145. The Hall–Kier alpha value is -3.94. The summed E-state index contributed by atoms with van der Waals surface area (Å²) in [6.45, 7) is 5.38. The molecule has 0 bridgehead atoms. The predicted octanol–water partition coefficient (Wildman–Crippen LogP) is 5.56. The Morgan fingerprint density at radius 2 is 1.79 bits per heavy atom. The van der Waals surface area contributed by atoms with Gasteiger partial charge in [-0.3, -0.25) is 4.79 Å². The molecule has 0 spiro atoms. The number of amides is 1. The zero-order chi connectivity index (χ0) is 28.2. The van der Waals surface area contributed by atoms with Crippen molar-refractivity contribution in [3.05, 3.63) is 83.8 Å². The van der Waals surface area contributed by atoms with Gasteiger partial charge in [0.15, 0.2) is 0 Å². The number of cyclic esters (lactones) is 1. The molecule has 4 rings (SSSR count). The average Bonchev–Trinajstić information content (AvgIpc) is 3.24. The lowest BCUT2D eigenvalue weighted by atomic mass is 9.91. The van der Waals surface area contributed by atoms with Crippen molar-refractivity contribution in [3.8, 4) is 11.1 Å². The number of anilines is 1. The maximum Gasteiger partial charge on any atom is 0.408 e. The standard InChI is InChI=1S/C31H36FN3O4/c1-31(2,3)39-30(37)34-26(27-18-24(29(36)38-27)17-22-8-6-7-9-25(22)32)16-20-10-12-21(13-11-20)23-14-15-28(33-19-23)35(4)5/h6-15,19,24,26-27H,16-18H2,1-5H3,(H,34,37). The van der Waals surface area contributed by atoms with E-state index in [0.717, 1.165) is 22.5 Å². The summed E-state index contributed by atoms with van der Waals surface area (Å²) in [5, 5.41) is 2.92. The smallest absolute Gasteiger partial charge is 0.408 e. The van der Waals surface area contributed by atoms with Crippen LogP contribution in [-0.4, -0.2) is 48.9 Å². The third kappa shape index (κ3) is 7.56. The van der Waals surface area contributed by atoms with Gasteiger partial charge in [-0.15, -0.1) is 0 Å². The predicted molar refractivity (Wildman–Crippen MR) is 149 cm³/mol. The zero-order valence-corrected chi connectivity index (χ0v) is 23.1. The Balaban J connectivity index is 1.49. The Bertz CT molecular complexity index is 1290. The van der Waals surface area contributed by atoms with Gasteiger partial charge in [0.2, 0.25) is 0 Å². The Labute approximate surface area is 229 Å². The lowest BCUT2D eigenvalue weighted by Crippen LogP contribution is -2.46. The van der Waals surface area contributed by atoms with Crippen LogP contribution in [0.25, 0.3) is 11.1 Å². The number of rotatable bonds is 8. The molecule has 39 heavy (non-hydrogen) atoms. The molecule has 1 fully saturated rings. The Morgan fingerprint density at radius 1 is 1.10 bits per heavy atom. The molecular formula is C31H36FN3O4. The van der Waals surface area contributed by atoms with Crippen molar-refractivity contribution < 1.29 is 23.5 Å². The van der Waals surface area contributed by atoms with E-state index in [1.54, 1.807) is 39.0 Å². The molecule has 0 aliphatic carbocycles. The molecule has 7 nitrogen and oxygen atoms in total.